The minimum atomic E-state index is 0.337. The summed E-state index contributed by atoms with van der Waals surface area (Å²) in [7, 11) is 1.73. The number of methoxy groups -OCH3 is 1. The zero-order valence-electron chi connectivity index (χ0n) is 13.7. The van der Waals surface area contributed by atoms with Crippen molar-refractivity contribution in [2.24, 2.45) is 17.3 Å². The van der Waals surface area contributed by atoms with Gasteiger partial charge in [0.2, 0.25) is 0 Å². The molecule has 1 unspecified atom stereocenters. The van der Waals surface area contributed by atoms with Crippen LogP contribution in [0.15, 0.2) is 22.7 Å². The van der Waals surface area contributed by atoms with E-state index in [0.29, 0.717) is 11.3 Å². The van der Waals surface area contributed by atoms with Gasteiger partial charge in [-0.05, 0) is 66.8 Å². The lowest BCUT2D eigenvalue weighted by Crippen LogP contribution is -2.37. The molecule has 1 aromatic rings. The van der Waals surface area contributed by atoms with Crippen molar-refractivity contribution in [3.8, 4) is 5.75 Å². The first-order chi connectivity index (χ1) is 9.94. The normalized spacial score (nSPS) is 17.8. The van der Waals surface area contributed by atoms with Crippen LogP contribution in [0.3, 0.4) is 0 Å². The van der Waals surface area contributed by atoms with Crippen molar-refractivity contribution in [1.82, 2.24) is 5.32 Å². The van der Waals surface area contributed by atoms with Crippen molar-refractivity contribution in [1.29, 1.82) is 0 Å². The Morgan fingerprint density at radius 1 is 1.38 bits per heavy atom. The summed E-state index contributed by atoms with van der Waals surface area (Å²) < 4.78 is 6.57. The molecule has 1 aromatic carbocycles. The van der Waals surface area contributed by atoms with Crippen molar-refractivity contribution >= 4 is 15.9 Å². The number of rotatable bonds is 8. The molecule has 3 heteroatoms. The van der Waals surface area contributed by atoms with Gasteiger partial charge in [0.1, 0.15) is 5.75 Å². The van der Waals surface area contributed by atoms with E-state index in [1.54, 1.807) is 7.11 Å². The summed E-state index contributed by atoms with van der Waals surface area (Å²) in [6, 6.07) is 6.29. The molecular weight excluding hydrogens is 326 g/mol. The van der Waals surface area contributed by atoms with Crippen LogP contribution >= 0.6 is 15.9 Å². The highest BCUT2D eigenvalue weighted by molar-refractivity contribution is 9.10. The van der Waals surface area contributed by atoms with Gasteiger partial charge in [-0.2, -0.15) is 0 Å². The molecule has 118 valence electrons. The van der Waals surface area contributed by atoms with Crippen molar-refractivity contribution < 1.29 is 4.74 Å². The second-order valence-electron chi connectivity index (χ2n) is 7.09. The molecule has 0 amide bonds. The van der Waals surface area contributed by atoms with Gasteiger partial charge in [0.05, 0.1) is 7.11 Å². The third-order valence-electron chi connectivity index (χ3n) is 4.49. The van der Waals surface area contributed by atoms with E-state index < -0.39 is 0 Å². The lowest BCUT2D eigenvalue weighted by Gasteiger charge is -2.31. The molecule has 21 heavy (non-hydrogen) atoms. The molecule has 0 saturated heterocycles. The molecule has 1 fully saturated rings. The Morgan fingerprint density at radius 3 is 2.67 bits per heavy atom. The van der Waals surface area contributed by atoms with Gasteiger partial charge in [0, 0.05) is 11.0 Å². The molecule has 0 aliphatic heterocycles. The van der Waals surface area contributed by atoms with Crippen molar-refractivity contribution in [3.05, 3.63) is 28.2 Å². The molecule has 1 N–H and O–H groups in total. The third-order valence-corrected chi connectivity index (χ3v) is 5.27. The molecule has 1 saturated carbocycles. The topological polar surface area (TPSA) is 21.3 Å². The van der Waals surface area contributed by atoms with E-state index in [2.05, 4.69) is 54.2 Å². The first-order valence-electron chi connectivity index (χ1n) is 7.98. The lowest BCUT2D eigenvalue weighted by atomic mass is 9.78. The van der Waals surface area contributed by atoms with Crippen LogP contribution in [0.2, 0.25) is 0 Å². The molecule has 1 aliphatic rings. The van der Waals surface area contributed by atoms with E-state index in [9.17, 15) is 0 Å². The van der Waals surface area contributed by atoms with Crippen molar-refractivity contribution in [2.75, 3.05) is 20.2 Å². The third kappa shape index (κ3) is 4.72. The van der Waals surface area contributed by atoms with Crippen LogP contribution in [0.5, 0.6) is 5.75 Å². The second-order valence-corrected chi connectivity index (χ2v) is 7.94. The number of nitrogens with one attached hydrogen (secondary N) is 1. The van der Waals surface area contributed by atoms with Crippen LogP contribution in [-0.2, 0) is 6.42 Å². The van der Waals surface area contributed by atoms with Gasteiger partial charge in [-0.1, -0.05) is 36.7 Å². The van der Waals surface area contributed by atoms with E-state index in [-0.39, 0.29) is 0 Å². The molecule has 0 bridgehead atoms. The lowest BCUT2D eigenvalue weighted by molar-refractivity contribution is 0.251. The predicted molar refractivity (Wildman–Crippen MR) is 92.9 cm³/mol. The van der Waals surface area contributed by atoms with Crippen LogP contribution in [0.1, 0.15) is 39.2 Å². The van der Waals surface area contributed by atoms with Gasteiger partial charge in [-0.25, -0.2) is 0 Å². The van der Waals surface area contributed by atoms with Gasteiger partial charge >= 0.3 is 0 Å². The molecule has 1 atom stereocenters. The van der Waals surface area contributed by atoms with Gasteiger partial charge < -0.3 is 10.1 Å². The van der Waals surface area contributed by atoms with Crippen molar-refractivity contribution in [3.63, 3.8) is 0 Å². The van der Waals surface area contributed by atoms with E-state index in [0.717, 1.165) is 31.2 Å². The average Bonchev–Trinajstić information content (AvgIpc) is 3.25. The number of halogens is 1. The highest BCUT2D eigenvalue weighted by Gasteiger charge is 2.41. The standard InChI is InChI=1S/C18H28BrNO/c1-13(2)11-20-12-18(3,15-5-6-15)10-14-9-16(21-4)7-8-17(14)19/h7-9,13,15,20H,5-6,10-12H2,1-4H3. The van der Waals surface area contributed by atoms with Crippen LogP contribution < -0.4 is 10.1 Å². The highest BCUT2D eigenvalue weighted by atomic mass is 79.9. The fourth-order valence-corrected chi connectivity index (χ4v) is 3.41. The summed E-state index contributed by atoms with van der Waals surface area (Å²) in [5.41, 5.74) is 1.69. The molecule has 0 heterocycles. The monoisotopic (exact) mass is 353 g/mol. The molecule has 1 aliphatic carbocycles. The zero-order valence-corrected chi connectivity index (χ0v) is 15.3. The summed E-state index contributed by atoms with van der Waals surface area (Å²) in [5, 5.41) is 3.67. The van der Waals surface area contributed by atoms with Crippen LogP contribution in [0.25, 0.3) is 0 Å². The maximum Gasteiger partial charge on any atom is 0.119 e. The summed E-state index contributed by atoms with van der Waals surface area (Å²) in [6.07, 6.45) is 3.85. The fraction of sp³-hybridized carbons (Fsp3) is 0.667. The first kappa shape index (κ1) is 16.8. The van der Waals surface area contributed by atoms with Gasteiger partial charge in [0.15, 0.2) is 0 Å². The average molecular weight is 354 g/mol. The molecule has 0 radical (unpaired) electrons. The Labute approximate surface area is 137 Å². The quantitative estimate of drug-likeness (QED) is 0.733. The van der Waals surface area contributed by atoms with E-state index >= 15 is 0 Å². The van der Waals surface area contributed by atoms with Gasteiger partial charge in [0.25, 0.3) is 0 Å². The van der Waals surface area contributed by atoms with Gasteiger partial charge in [-0.3, -0.25) is 0 Å². The maximum atomic E-state index is 5.38. The fourth-order valence-electron chi connectivity index (χ4n) is 3.03. The molecule has 2 rings (SSSR count). The maximum absolute atomic E-state index is 5.38. The Bertz CT molecular complexity index is 470. The Balaban J connectivity index is 2.08. The van der Waals surface area contributed by atoms with Crippen LogP contribution in [0.4, 0.5) is 0 Å². The molecule has 0 spiro atoms. The number of hydrogen-bond acceptors (Lipinski definition) is 2. The predicted octanol–water partition coefficient (Wildman–Crippen LogP) is 4.66. The summed E-state index contributed by atoms with van der Waals surface area (Å²) in [6.45, 7) is 9.16. The minimum Gasteiger partial charge on any atom is -0.497 e. The minimum absolute atomic E-state index is 0.337. The van der Waals surface area contributed by atoms with E-state index in [1.165, 1.54) is 22.9 Å². The largest absolute Gasteiger partial charge is 0.497 e. The number of hydrogen-bond donors (Lipinski definition) is 1. The summed E-state index contributed by atoms with van der Waals surface area (Å²) in [4.78, 5) is 0. The summed E-state index contributed by atoms with van der Waals surface area (Å²) in [5.74, 6) is 2.51. The Hall–Kier alpha value is -0.540. The molecular formula is C18H28BrNO. The number of ether oxygens (including phenoxy) is 1. The number of benzene rings is 1. The molecule has 2 nitrogen and oxygen atoms in total. The van der Waals surface area contributed by atoms with Gasteiger partial charge in [-0.15, -0.1) is 0 Å². The Morgan fingerprint density at radius 2 is 2.10 bits per heavy atom. The van der Waals surface area contributed by atoms with Crippen molar-refractivity contribution in [2.45, 2.75) is 40.0 Å². The first-order valence-corrected chi connectivity index (χ1v) is 8.77. The Kier molecular flexibility index (Phi) is 5.73. The highest BCUT2D eigenvalue weighted by Crippen LogP contribution is 2.47. The van der Waals surface area contributed by atoms with Crippen LogP contribution in [-0.4, -0.2) is 20.2 Å². The molecule has 0 aromatic heterocycles. The second kappa shape index (κ2) is 7.15. The SMILES string of the molecule is COc1ccc(Br)c(CC(C)(CNCC(C)C)C2CC2)c1. The zero-order chi connectivity index (χ0) is 15.5. The van der Waals surface area contributed by atoms with Crippen LogP contribution in [0, 0.1) is 17.3 Å². The summed E-state index contributed by atoms with van der Waals surface area (Å²) >= 11 is 3.70. The smallest absolute Gasteiger partial charge is 0.119 e. The van der Waals surface area contributed by atoms with E-state index in [4.69, 9.17) is 4.74 Å². The van der Waals surface area contributed by atoms with E-state index in [1.807, 2.05) is 6.07 Å².